The maximum absolute atomic E-state index is 12.2. The number of esters is 1. The van der Waals surface area contributed by atoms with Crippen molar-refractivity contribution in [3.8, 4) is 0 Å². The molecule has 2 aromatic carbocycles. The van der Waals surface area contributed by atoms with Gasteiger partial charge in [-0.2, -0.15) is 0 Å². The minimum absolute atomic E-state index is 0.429. The normalized spacial score (nSPS) is 12.3. The Kier molecular flexibility index (Phi) is 5.88. The molecule has 1 aromatic heterocycles. The number of carbonyl (C=O) groups is 2. The zero-order valence-electron chi connectivity index (χ0n) is 14.7. The van der Waals surface area contributed by atoms with Gasteiger partial charge in [0.15, 0.2) is 6.10 Å². The van der Waals surface area contributed by atoms with E-state index in [1.165, 1.54) is 24.3 Å². The van der Waals surface area contributed by atoms with Crippen molar-refractivity contribution in [2.45, 2.75) is 20.0 Å². The van der Waals surface area contributed by atoms with E-state index in [1.54, 1.807) is 31.2 Å². The third-order valence-electron chi connectivity index (χ3n) is 3.86. The van der Waals surface area contributed by atoms with Crippen LogP contribution in [-0.4, -0.2) is 23.0 Å². The van der Waals surface area contributed by atoms with Crippen LogP contribution < -0.4 is 5.32 Å². The van der Waals surface area contributed by atoms with Crippen LogP contribution in [0.1, 0.15) is 17.5 Å². The van der Waals surface area contributed by atoms with E-state index in [0.717, 1.165) is 15.8 Å². The van der Waals surface area contributed by atoms with Crippen LogP contribution >= 0.6 is 22.9 Å². The molecule has 0 radical (unpaired) electrons. The minimum Gasteiger partial charge on any atom is -0.449 e. The van der Waals surface area contributed by atoms with Crippen LogP contribution in [0.3, 0.4) is 0 Å². The summed E-state index contributed by atoms with van der Waals surface area (Å²) in [5.41, 5.74) is 2.21. The summed E-state index contributed by atoms with van der Waals surface area (Å²) in [5.74, 6) is -1.04. The lowest BCUT2D eigenvalue weighted by atomic mass is 10.2. The van der Waals surface area contributed by atoms with E-state index < -0.39 is 18.0 Å². The molecule has 0 saturated carbocycles. The zero-order valence-corrected chi connectivity index (χ0v) is 16.3. The third-order valence-corrected chi connectivity index (χ3v) is 5.27. The van der Waals surface area contributed by atoms with E-state index in [2.05, 4.69) is 10.3 Å². The molecule has 0 fully saturated rings. The van der Waals surface area contributed by atoms with E-state index in [-0.39, 0.29) is 0 Å². The van der Waals surface area contributed by atoms with Crippen LogP contribution in [0.5, 0.6) is 0 Å². The molecule has 5 nitrogen and oxygen atoms in total. The highest BCUT2D eigenvalue weighted by Gasteiger charge is 2.18. The standard InChI is InChI=1S/C20H17ClN2O3S/c1-12-14(21)6-5-8-15(12)23-20(25)13(2)26-19(24)11-10-18-22-16-7-3-4-9-17(16)27-18/h3-11,13H,1-2H3,(H,23,25)/b11-10+/t13-/m1/s1. The Morgan fingerprint density at radius 3 is 2.78 bits per heavy atom. The van der Waals surface area contributed by atoms with Crippen molar-refractivity contribution >= 4 is 56.8 Å². The molecular weight excluding hydrogens is 384 g/mol. The quantitative estimate of drug-likeness (QED) is 0.491. The van der Waals surface area contributed by atoms with Crippen molar-refractivity contribution in [1.82, 2.24) is 4.98 Å². The monoisotopic (exact) mass is 400 g/mol. The minimum atomic E-state index is -0.948. The SMILES string of the molecule is Cc1c(Cl)cccc1NC(=O)[C@@H](C)OC(=O)/C=C/c1nc2ccccc2s1. The third kappa shape index (κ3) is 4.72. The van der Waals surface area contributed by atoms with Crippen molar-refractivity contribution in [3.63, 3.8) is 0 Å². The van der Waals surface area contributed by atoms with Crippen molar-refractivity contribution in [3.05, 3.63) is 64.1 Å². The molecule has 1 amide bonds. The highest BCUT2D eigenvalue weighted by atomic mass is 35.5. The molecule has 27 heavy (non-hydrogen) atoms. The first-order chi connectivity index (χ1) is 12.9. The van der Waals surface area contributed by atoms with Crippen LogP contribution in [-0.2, 0) is 14.3 Å². The molecule has 0 aliphatic heterocycles. The molecule has 0 aliphatic rings. The number of nitrogens with one attached hydrogen (secondary N) is 1. The number of aromatic nitrogens is 1. The Morgan fingerprint density at radius 2 is 2.00 bits per heavy atom. The predicted molar refractivity (Wildman–Crippen MR) is 109 cm³/mol. The number of amides is 1. The molecule has 1 heterocycles. The van der Waals surface area contributed by atoms with Crippen LogP contribution in [0.15, 0.2) is 48.5 Å². The lowest BCUT2D eigenvalue weighted by Gasteiger charge is -2.14. The molecular formula is C20H17ClN2O3S. The number of para-hydroxylation sites is 1. The molecule has 138 valence electrons. The predicted octanol–water partition coefficient (Wildman–Crippen LogP) is 4.84. The maximum Gasteiger partial charge on any atom is 0.331 e. The number of hydrogen-bond donors (Lipinski definition) is 1. The van der Waals surface area contributed by atoms with Gasteiger partial charge in [-0.3, -0.25) is 4.79 Å². The van der Waals surface area contributed by atoms with Crippen molar-refractivity contribution in [2.75, 3.05) is 5.32 Å². The lowest BCUT2D eigenvalue weighted by Crippen LogP contribution is -2.29. The molecule has 0 bridgehead atoms. The molecule has 0 unspecified atom stereocenters. The van der Waals surface area contributed by atoms with Crippen LogP contribution in [0.25, 0.3) is 16.3 Å². The number of hydrogen-bond acceptors (Lipinski definition) is 5. The van der Waals surface area contributed by atoms with Crippen molar-refractivity contribution < 1.29 is 14.3 Å². The lowest BCUT2D eigenvalue weighted by molar-refractivity contribution is -0.148. The van der Waals surface area contributed by atoms with Gasteiger partial charge < -0.3 is 10.1 Å². The summed E-state index contributed by atoms with van der Waals surface area (Å²) >= 11 is 7.51. The maximum atomic E-state index is 12.2. The molecule has 0 spiro atoms. The average Bonchev–Trinajstić information content (AvgIpc) is 3.06. The average molecular weight is 401 g/mol. The second-order valence-corrected chi connectivity index (χ2v) is 7.30. The Bertz CT molecular complexity index is 996. The smallest absolute Gasteiger partial charge is 0.331 e. The van der Waals surface area contributed by atoms with Gasteiger partial charge in [-0.1, -0.05) is 29.8 Å². The number of halogens is 1. The number of thiazole rings is 1. The Morgan fingerprint density at radius 1 is 1.22 bits per heavy atom. The van der Waals surface area contributed by atoms with Gasteiger partial charge in [0, 0.05) is 16.8 Å². The molecule has 1 N–H and O–H groups in total. The number of fused-ring (bicyclic) bond motifs is 1. The first kappa shape index (κ1) is 19.1. The second kappa shape index (κ2) is 8.33. The number of carbonyl (C=O) groups excluding carboxylic acids is 2. The molecule has 3 rings (SSSR count). The van der Waals surface area contributed by atoms with Gasteiger partial charge in [0.1, 0.15) is 5.01 Å². The fraction of sp³-hybridized carbons (Fsp3) is 0.150. The fourth-order valence-electron chi connectivity index (χ4n) is 2.34. The number of ether oxygens (including phenoxy) is 1. The fourth-order valence-corrected chi connectivity index (χ4v) is 3.39. The first-order valence-corrected chi connectivity index (χ1v) is 9.44. The van der Waals surface area contributed by atoms with E-state index in [0.29, 0.717) is 15.7 Å². The van der Waals surface area contributed by atoms with E-state index >= 15 is 0 Å². The Hall–Kier alpha value is -2.70. The summed E-state index contributed by atoms with van der Waals surface area (Å²) in [6.45, 7) is 3.31. The Labute approximate surface area is 165 Å². The summed E-state index contributed by atoms with van der Waals surface area (Å²) < 4.78 is 6.19. The van der Waals surface area contributed by atoms with Crippen LogP contribution in [0, 0.1) is 6.92 Å². The summed E-state index contributed by atoms with van der Waals surface area (Å²) in [5, 5.41) is 3.96. The molecule has 1 atom stereocenters. The molecule has 3 aromatic rings. The van der Waals surface area contributed by atoms with Gasteiger partial charge in [-0.25, -0.2) is 9.78 Å². The molecule has 7 heteroatoms. The van der Waals surface area contributed by atoms with Crippen LogP contribution in [0.4, 0.5) is 5.69 Å². The highest BCUT2D eigenvalue weighted by molar-refractivity contribution is 7.19. The zero-order chi connectivity index (χ0) is 19.4. The summed E-state index contributed by atoms with van der Waals surface area (Å²) in [7, 11) is 0. The number of anilines is 1. The van der Waals surface area contributed by atoms with Gasteiger partial charge in [-0.05, 0) is 49.8 Å². The van der Waals surface area contributed by atoms with E-state index in [1.807, 2.05) is 24.3 Å². The Balaban J connectivity index is 1.59. The number of nitrogens with zero attached hydrogens (tertiary/aromatic N) is 1. The van der Waals surface area contributed by atoms with Gasteiger partial charge in [0.05, 0.1) is 10.2 Å². The van der Waals surface area contributed by atoms with Gasteiger partial charge in [-0.15, -0.1) is 11.3 Å². The molecule has 0 aliphatic carbocycles. The number of rotatable bonds is 5. The second-order valence-electron chi connectivity index (χ2n) is 5.83. The van der Waals surface area contributed by atoms with Gasteiger partial charge in [0.25, 0.3) is 5.91 Å². The molecule has 0 saturated heterocycles. The van der Waals surface area contributed by atoms with Crippen molar-refractivity contribution in [2.24, 2.45) is 0 Å². The topological polar surface area (TPSA) is 68.3 Å². The van der Waals surface area contributed by atoms with E-state index in [9.17, 15) is 9.59 Å². The number of benzene rings is 2. The van der Waals surface area contributed by atoms with Crippen LogP contribution in [0.2, 0.25) is 5.02 Å². The summed E-state index contributed by atoms with van der Waals surface area (Å²) in [4.78, 5) is 28.6. The van der Waals surface area contributed by atoms with Gasteiger partial charge in [0.2, 0.25) is 0 Å². The summed E-state index contributed by atoms with van der Waals surface area (Å²) in [6, 6.07) is 12.9. The summed E-state index contributed by atoms with van der Waals surface area (Å²) in [6.07, 6.45) is 1.90. The van der Waals surface area contributed by atoms with Crippen molar-refractivity contribution in [1.29, 1.82) is 0 Å². The van der Waals surface area contributed by atoms with E-state index in [4.69, 9.17) is 16.3 Å². The largest absolute Gasteiger partial charge is 0.449 e. The first-order valence-electron chi connectivity index (χ1n) is 8.24. The highest BCUT2D eigenvalue weighted by Crippen LogP contribution is 2.24. The van der Waals surface area contributed by atoms with Gasteiger partial charge >= 0.3 is 5.97 Å².